The van der Waals surface area contributed by atoms with E-state index in [0.29, 0.717) is 18.5 Å². The van der Waals surface area contributed by atoms with Crippen molar-refractivity contribution in [2.75, 3.05) is 6.26 Å². The first-order valence-electron chi connectivity index (χ1n) is 9.73. The van der Waals surface area contributed by atoms with Crippen LogP contribution in [0.1, 0.15) is 29.4 Å². The average Bonchev–Trinajstić information content (AvgIpc) is 3.13. The van der Waals surface area contributed by atoms with Gasteiger partial charge in [0, 0.05) is 11.7 Å². The van der Waals surface area contributed by atoms with Crippen LogP contribution >= 0.6 is 0 Å². The van der Waals surface area contributed by atoms with Gasteiger partial charge in [-0.3, -0.25) is 4.68 Å². The number of nitrogens with zero attached hydrogens (tertiary/aromatic N) is 2. The predicted octanol–water partition coefficient (Wildman–Crippen LogP) is 2.69. The Morgan fingerprint density at radius 2 is 1.86 bits per heavy atom. The molecular weight excluding hydrogens is 386 g/mol. The summed E-state index contributed by atoms with van der Waals surface area (Å²) in [5.41, 5.74) is 5.04. The minimum atomic E-state index is -3.34. The highest BCUT2D eigenvalue weighted by molar-refractivity contribution is 7.88. The summed E-state index contributed by atoms with van der Waals surface area (Å²) in [5.74, 6) is 0. The van der Waals surface area contributed by atoms with Crippen LogP contribution < -0.4 is 4.72 Å². The molecule has 0 saturated carbocycles. The van der Waals surface area contributed by atoms with Crippen LogP contribution in [-0.4, -0.2) is 35.6 Å². The molecule has 4 rings (SSSR count). The molecule has 2 heterocycles. The van der Waals surface area contributed by atoms with Crippen LogP contribution in [0.3, 0.4) is 0 Å². The molecule has 6 nitrogen and oxygen atoms in total. The SMILES string of the molecule is CS(=O)(=O)N[C@H]1CCc2cc(CO)nn2[C@H]1Cc1cccc(-c2ccccc2)c1. The molecule has 0 bridgehead atoms. The van der Waals surface area contributed by atoms with E-state index >= 15 is 0 Å². The number of aryl methyl sites for hydroxylation is 1. The van der Waals surface area contributed by atoms with Gasteiger partial charge in [0.1, 0.15) is 0 Å². The van der Waals surface area contributed by atoms with Crippen molar-refractivity contribution in [2.24, 2.45) is 0 Å². The van der Waals surface area contributed by atoms with E-state index in [2.05, 4.69) is 40.2 Å². The summed E-state index contributed by atoms with van der Waals surface area (Å²) in [6.07, 6.45) is 3.26. The van der Waals surface area contributed by atoms with Gasteiger partial charge < -0.3 is 5.11 Å². The fourth-order valence-electron chi connectivity index (χ4n) is 4.10. The van der Waals surface area contributed by atoms with Gasteiger partial charge in [-0.25, -0.2) is 13.1 Å². The van der Waals surface area contributed by atoms with E-state index in [4.69, 9.17) is 0 Å². The molecule has 0 fully saturated rings. The van der Waals surface area contributed by atoms with Crippen molar-refractivity contribution in [3.8, 4) is 11.1 Å². The summed E-state index contributed by atoms with van der Waals surface area (Å²) in [6.45, 7) is -0.125. The van der Waals surface area contributed by atoms with E-state index in [9.17, 15) is 13.5 Å². The maximum absolute atomic E-state index is 11.9. The van der Waals surface area contributed by atoms with Gasteiger partial charge in [-0.15, -0.1) is 0 Å². The predicted molar refractivity (Wildman–Crippen MR) is 113 cm³/mol. The summed E-state index contributed by atoms with van der Waals surface area (Å²) < 4.78 is 28.5. The quantitative estimate of drug-likeness (QED) is 0.653. The number of aliphatic hydroxyl groups is 1. The molecule has 2 N–H and O–H groups in total. The Morgan fingerprint density at radius 1 is 1.10 bits per heavy atom. The molecule has 1 aliphatic rings. The largest absolute Gasteiger partial charge is 0.390 e. The number of nitrogens with one attached hydrogen (secondary N) is 1. The van der Waals surface area contributed by atoms with Crippen molar-refractivity contribution in [1.82, 2.24) is 14.5 Å². The summed E-state index contributed by atoms with van der Waals surface area (Å²) >= 11 is 0. The molecule has 2 atom stereocenters. The van der Waals surface area contributed by atoms with Crippen LogP contribution in [0.2, 0.25) is 0 Å². The standard InChI is InChI=1S/C22H25N3O3S/c1-29(27,28)24-21-11-10-20-14-19(15-26)23-25(20)22(21)13-16-6-5-9-18(12-16)17-7-3-2-4-8-17/h2-9,12,14,21-22,24,26H,10-11,13,15H2,1H3/t21-,22-/m0/s1. The smallest absolute Gasteiger partial charge is 0.209 e. The fourth-order valence-corrected chi connectivity index (χ4v) is 4.92. The maximum atomic E-state index is 11.9. The number of hydrogen-bond acceptors (Lipinski definition) is 4. The van der Waals surface area contributed by atoms with Gasteiger partial charge in [-0.1, -0.05) is 54.6 Å². The topological polar surface area (TPSA) is 84.2 Å². The second-order valence-electron chi connectivity index (χ2n) is 7.60. The molecule has 0 radical (unpaired) electrons. The van der Waals surface area contributed by atoms with Gasteiger partial charge in [0.25, 0.3) is 0 Å². The van der Waals surface area contributed by atoms with Crippen molar-refractivity contribution in [2.45, 2.75) is 38.0 Å². The van der Waals surface area contributed by atoms with Crippen LogP contribution in [-0.2, 0) is 29.5 Å². The van der Waals surface area contributed by atoms with Crippen LogP contribution in [0, 0.1) is 0 Å². The fraction of sp³-hybridized carbons (Fsp3) is 0.318. The summed E-state index contributed by atoms with van der Waals surface area (Å²) in [5, 5.41) is 14.0. The Bertz CT molecular complexity index is 1090. The first-order chi connectivity index (χ1) is 13.9. The van der Waals surface area contributed by atoms with Gasteiger partial charge in [0.15, 0.2) is 0 Å². The summed E-state index contributed by atoms with van der Waals surface area (Å²) in [7, 11) is -3.34. The molecule has 1 aromatic heterocycles. The van der Waals surface area contributed by atoms with Gasteiger partial charge in [0.05, 0.1) is 24.6 Å². The van der Waals surface area contributed by atoms with E-state index in [0.717, 1.165) is 28.8 Å². The monoisotopic (exact) mass is 411 g/mol. The second-order valence-corrected chi connectivity index (χ2v) is 9.38. The van der Waals surface area contributed by atoms with E-state index in [1.807, 2.05) is 35.0 Å². The second kappa shape index (κ2) is 8.10. The normalized spacial score (nSPS) is 19.1. The van der Waals surface area contributed by atoms with Gasteiger partial charge in [-0.05, 0) is 42.0 Å². The van der Waals surface area contributed by atoms with Gasteiger partial charge in [0.2, 0.25) is 10.0 Å². The van der Waals surface area contributed by atoms with Gasteiger partial charge >= 0.3 is 0 Å². The van der Waals surface area contributed by atoms with Crippen molar-refractivity contribution in [3.63, 3.8) is 0 Å². The zero-order valence-electron chi connectivity index (χ0n) is 16.3. The Labute approximate surface area is 171 Å². The molecule has 152 valence electrons. The lowest BCUT2D eigenvalue weighted by Gasteiger charge is -2.33. The minimum Gasteiger partial charge on any atom is -0.390 e. The third-order valence-corrected chi connectivity index (χ3v) is 6.09. The Kier molecular flexibility index (Phi) is 5.54. The van der Waals surface area contributed by atoms with Crippen LogP contribution in [0.5, 0.6) is 0 Å². The summed E-state index contributed by atoms with van der Waals surface area (Å²) in [6, 6.07) is 20.0. The molecule has 2 aromatic carbocycles. The lowest BCUT2D eigenvalue weighted by atomic mass is 9.91. The third-order valence-electron chi connectivity index (χ3n) is 5.36. The zero-order chi connectivity index (χ0) is 20.4. The molecule has 0 aliphatic carbocycles. The van der Waals surface area contributed by atoms with Crippen LogP contribution in [0.25, 0.3) is 11.1 Å². The van der Waals surface area contributed by atoms with Crippen molar-refractivity contribution >= 4 is 10.0 Å². The summed E-state index contributed by atoms with van der Waals surface area (Å²) in [4.78, 5) is 0. The number of aromatic nitrogens is 2. The number of rotatable bonds is 6. The Balaban J connectivity index is 1.68. The molecule has 0 saturated heterocycles. The molecule has 3 aromatic rings. The van der Waals surface area contributed by atoms with E-state index in [-0.39, 0.29) is 18.7 Å². The van der Waals surface area contributed by atoms with Gasteiger partial charge in [-0.2, -0.15) is 5.10 Å². The van der Waals surface area contributed by atoms with Crippen LogP contribution in [0.4, 0.5) is 0 Å². The lowest BCUT2D eigenvalue weighted by Crippen LogP contribution is -2.45. The molecule has 0 spiro atoms. The van der Waals surface area contributed by atoms with E-state index in [1.54, 1.807) is 0 Å². The Morgan fingerprint density at radius 3 is 2.59 bits per heavy atom. The lowest BCUT2D eigenvalue weighted by molar-refractivity contribution is 0.266. The number of sulfonamides is 1. The minimum absolute atomic E-state index is 0.125. The molecular formula is C22H25N3O3S. The molecule has 7 heteroatoms. The first kappa shape index (κ1) is 19.8. The van der Waals surface area contributed by atoms with E-state index < -0.39 is 10.0 Å². The highest BCUT2D eigenvalue weighted by Crippen LogP contribution is 2.30. The average molecular weight is 412 g/mol. The highest BCUT2D eigenvalue weighted by Gasteiger charge is 2.32. The molecule has 29 heavy (non-hydrogen) atoms. The van der Waals surface area contributed by atoms with Crippen LogP contribution in [0.15, 0.2) is 60.7 Å². The number of aliphatic hydroxyl groups excluding tert-OH is 1. The van der Waals surface area contributed by atoms with E-state index in [1.165, 1.54) is 6.26 Å². The maximum Gasteiger partial charge on any atom is 0.209 e. The molecule has 0 amide bonds. The highest BCUT2D eigenvalue weighted by atomic mass is 32.2. The van der Waals surface area contributed by atoms with Crippen molar-refractivity contribution in [3.05, 3.63) is 77.6 Å². The van der Waals surface area contributed by atoms with Crippen molar-refractivity contribution < 1.29 is 13.5 Å². The third kappa shape index (κ3) is 4.58. The van der Waals surface area contributed by atoms with Crippen molar-refractivity contribution in [1.29, 1.82) is 0 Å². The zero-order valence-corrected chi connectivity index (χ0v) is 17.1. The molecule has 0 unspecified atom stereocenters. The Hall–Kier alpha value is -2.48. The molecule has 1 aliphatic heterocycles. The first-order valence-corrected chi connectivity index (χ1v) is 11.6. The number of hydrogen-bond donors (Lipinski definition) is 2. The number of fused-ring (bicyclic) bond motifs is 1. The number of benzene rings is 2.